The van der Waals surface area contributed by atoms with E-state index in [0.717, 1.165) is 22.7 Å². The Morgan fingerprint density at radius 1 is 1.08 bits per heavy atom. The maximum absolute atomic E-state index is 13.7. The van der Waals surface area contributed by atoms with Gasteiger partial charge in [-0.25, -0.2) is 13.8 Å². The van der Waals surface area contributed by atoms with Crippen molar-refractivity contribution in [2.75, 3.05) is 5.32 Å². The van der Waals surface area contributed by atoms with Gasteiger partial charge in [0, 0.05) is 21.6 Å². The Bertz CT molecular complexity index is 919. The van der Waals surface area contributed by atoms with Gasteiger partial charge in [0.2, 0.25) is 0 Å². The van der Waals surface area contributed by atoms with E-state index in [1.165, 1.54) is 11.8 Å². The van der Waals surface area contributed by atoms with Crippen molar-refractivity contribution in [1.29, 1.82) is 0 Å². The Hall–Kier alpha value is -2.25. The molecule has 0 spiro atoms. The van der Waals surface area contributed by atoms with Gasteiger partial charge in [-0.15, -0.1) is 0 Å². The van der Waals surface area contributed by atoms with Crippen LogP contribution in [0.4, 0.5) is 14.5 Å². The van der Waals surface area contributed by atoms with Crippen molar-refractivity contribution >= 4 is 39.3 Å². The number of halogens is 3. The Kier molecular flexibility index (Phi) is 5.45. The molecule has 0 radical (unpaired) electrons. The highest BCUT2D eigenvalue weighted by Crippen LogP contribution is 2.30. The molecule has 0 bridgehead atoms. The fourth-order valence-electron chi connectivity index (χ4n) is 2.06. The van der Waals surface area contributed by atoms with Gasteiger partial charge in [0.15, 0.2) is 0 Å². The molecule has 1 heterocycles. The Balaban J connectivity index is 1.85. The molecule has 1 aromatic heterocycles. The standard InChI is InChI=1S/C18H11BrF2N2OS/c19-11-5-8-17(22-10-11)25-16-4-2-1-3-13(16)18(24)23-15-9-12(20)6-7-14(15)21/h1-10H,(H,23,24). The summed E-state index contributed by atoms with van der Waals surface area (Å²) >= 11 is 4.62. The van der Waals surface area contributed by atoms with Gasteiger partial charge in [0.25, 0.3) is 5.91 Å². The van der Waals surface area contributed by atoms with Crippen LogP contribution < -0.4 is 5.32 Å². The van der Waals surface area contributed by atoms with Crippen molar-refractivity contribution in [3.63, 3.8) is 0 Å². The molecule has 0 aliphatic rings. The van der Waals surface area contributed by atoms with Crippen LogP contribution in [0.15, 0.2) is 75.2 Å². The summed E-state index contributed by atoms with van der Waals surface area (Å²) in [5.74, 6) is -1.85. The smallest absolute Gasteiger partial charge is 0.256 e. The first-order valence-electron chi connectivity index (χ1n) is 7.18. The van der Waals surface area contributed by atoms with Crippen LogP contribution in [0.3, 0.4) is 0 Å². The number of carbonyl (C=O) groups excluding carboxylic acids is 1. The molecule has 3 nitrogen and oxygen atoms in total. The molecule has 126 valence electrons. The van der Waals surface area contributed by atoms with Gasteiger partial charge in [-0.05, 0) is 52.3 Å². The molecule has 0 saturated carbocycles. The molecule has 0 aliphatic heterocycles. The minimum absolute atomic E-state index is 0.202. The molecule has 0 unspecified atom stereocenters. The van der Waals surface area contributed by atoms with Gasteiger partial charge in [-0.3, -0.25) is 4.79 Å². The van der Waals surface area contributed by atoms with E-state index in [-0.39, 0.29) is 5.69 Å². The Morgan fingerprint density at radius 2 is 1.88 bits per heavy atom. The average molecular weight is 421 g/mol. The number of hydrogen-bond acceptors (Lipinski definition) is 3. The fraction of sp³-hybridized carbons (Fsp3) is 0. The van der Waals surface area contributed by atoms with Crippen molar-refractivity contribution < 1.29 is 13.6 Å². The summed E-state index contributed by atoms with van der Waals surface area (Å²) in [6, 6.07) is 13.5. The van der Waals surface area contributed by atoms with E-state index in [9.17, 15) is 13.6 Å². The summed E-state index contributed by atoms with van der Waals surface area (Å²) in [6.45, 7) is 0. The van der Waals surface area contributed by atoms with Crippen molar-refractivity contribution in [1.82, 2.24) is 4.98 Å². The first kappa shape index (κ1) is 17.6. The van der Waals surface area contributed by atoms with Crippen LogP contribution in [-0.4, -0.2) is 10.9 Å². The van der Waals surface area contributed by atoms with E-state index in [1.807, 2.05) is 12.1 Å². The molecular weight excluding hydrogens is 410 g/mol. The highest BCUT2D eigenvalue weighted by molar-refractivity contribution is 9.10. The lowest BCUT2D eigenvalue weighted by Crippen LogP contribution is -2.14. The molecule has 0 saturated heterocycles. The molecular formula is C18H11BrF2N2OS. The predicted octanol–water partition coefficient (Wildman–Crippen LogP) is 5.53. The number of nitrogens with zero attached hydrogens (tertiary/aromatic N) is 1. The second kappa shape index (κ2) is 7.76. The van der Waals surface area contributed by atoms with E-state index in [4.69, 9.17) is 0 Å². The Morgan fingerprint density at radius 3 is 2.64 bits per heavy atom. The number of anilines is 1. The average Bonchev–Trinajstić information content (AvgIpc) is 2.60. The zero-order valence-electron chi connectivity index (χ0n) is 12.7. The fourth-order valence-corrected chi connectivity index (χ4v) is 3.18. The quantitative estimate of drug-likeness (QED) is 0.603. The number of amides is 1. The Labute approximate surface area is 155 Å². The minimum Gasteiger partial charge on any atom is -0.319 e. The van der Waals surface area contributed by atoms with Gasteiger partial charge in [0.05, 0.1) is 11.3 Å². The second-order valence-electron chi connectivity index (χ2n) is 4.99. The highest BCUT2D eigenvalue weighted by Gasteiger charge is 2.15. The maximum atomic E-state index is 13.7. The monoisotopic (exact) mass is 420 g/mol. The van der Waals surface area contributed by atoms with Crippen LogP contribution in [0.25, 0.3) is 0 Å². The second-order valence-corrected chi connectivity index (χ2v) is 6.97. The number of pyridine rings is 1. The number of rotatable bonds is 4. The van der Waals surface area contributed by atoms with Gasteiger partial charge in [-0.1, -0.05) is 23.9 Å². The summed E-state index contributed by atoms with van der Waals surface area (Å²) in [6.07, 6.45) is 1.66. The van der Waals surface area contributed by atoms with E-state index < -0.39 is 17.5 Å². The van der Waals surface area contributed by atoms with Crippen LogP contribution in [0.2, 0.25) is 0 Å². The molecule has 0 atom stereocenters. The summed E-state index contributed by atoms with van der Waals surface area (Å²) in [5.41, 5.74) is 0.146. The lowest BCUT2D eigenvalue weighted by molar-refractivity contribution is 0.102. The van der Waals surface area contributed by atoms with Gasteiger partial charge in [0.1, 0.15) is 16.7 Å². The highest BCUT2D eigenvalue weighted by atomic mass is 79.9. The molecule has 7 heteroatoms. The molecule has 1 N–H and O–H groups in total. The van der Waals surface area contributed by atoms with Crippen LogP contribution in [0.1, 0.15) is 10.4 Å². The lowest BCUT2D eigenvalue weighted by Gasteiger charge is -2.10. The maximum Gasteiger partial charge on any atom is 0.256 e. The third-order valence-corrected chi connectivity index (χ3v) is 4.72. The summed E-state index contributed by atoms with van der Waals surface area (Å²) in [4.78, 5) is 17.4. The SMILES string of the molecule is O=C(Nc1cc(F)ccc1F)c1ccccc1Sc1ccc(Br)cn1. The van der Waals surface area contributed by atoms with Crippen LogP contribution >= 0.6 is 27.7 Å². The predicted molar refractivity (Wildman–Crippen MR) is 96.8 cm³/mol. The topological polar surface area (TPSA) is 42.0 Å². The molecule has 3 rings (SSSR count). The summed E-state index contributed by atoms with van der Waals surface area (Å²) in [7, 11) is 0. The normalized spacial score (nSPS) is 10.5. The zero-order valence-corrected chi connectivity index (χ0v) is 15.1. The van der Waals surface area contributed by atoms with Crippen LogP contribution in [-0.2, 0) is 0 Å². The molecule has 25 heavy (non-hydrogen) atoms. The van der Waals surface area contributed by atoms with Crippen LogP contribution in [0.5, 0.6) is 0 Å². The minimum atomic E-state index is -0.700. The summed E-state index contributed by atoms with van der Waals surface area (Å²) in [5, 5.41) is 3.12. The number of carbonyl (C=O) groups is 1. The van der Waals surface area contributed by atoms with E-state index in [0.29, 0.717) is 15.5 Å². The van der Waals surface area contributed by atoms with Crippen LogP contribution in [0, 0.1) is 11.6 Å². The first-order chi connectivity index (χ1) is 12.0. The molecule has 0 fully saturated rings. The third-order valence-electron chi connectivity index (χ3n) is 3.22. The van der Waals surface area contributed by atoms with E-state index >= 15 is 0 Å². The number of nitrogens with one attached hydrogen (secondary N) is 1. The molecule has 2 aromatic carbocycles. The van der Waals surface area contributed by atoms with Gasteiger partial charge < -0.3 is 5.32 Å². The van der Waals surface area contributed by atoms with E-state index in [1.54, 1.807) is 30.5 Å². The number of benzene rings is 2. The van der Waals surface area contributed by atoms with Crippen molar-refractivity contribution in [2.45, 2.75) is 9.92 Å². The molecule has 0 aliphatic carbocycles. The summed E-state index contributed by atoms with van der Waals surface area (Å²) < 4.78 is 27.8. The number of hydrogen-bond donors (Lipinski definition) is 1. The third kappa shape index (κ3) is 4.43. The van der Waals surface area contributed by atoms with Crippen molar-refractivity contribution in [3.05, 3.63) is 82.5 Å². The lowest BCUT2D eigenvalue weighted by atomic mass is 10.2. The first-order valence-corrected chi connectivity index (χ1v) is 8.79. The van der Waals surface area contributed by atoms with E-state index in [2.05, 4.69) is 26.2 Å². The molecule has 1 amide bonds. The van der Waals surface area contributed by atoms with Gasteiger partial charge in [-0.2, -0.15) is 0 Å². The zero-order chi connectivity index (χ0) is 17.8. The number of aromatic nitrogens is 1. The molecule has 3 aromatic rings. The van der Waals surface area contributed by atoms with Crippen molar-refractivity contribution in [2.24, 2.45) is 0 Å². The largest absolute Gasteiger partial charge is 0.319 e. The van der Waals surface area contributed by atoms with Gasteiger partial charge >= 0.3 is 0 Å². The van der Waals surface area contributed by atoms with Crippen molar-refractivity contribution in [3.8, 4) is 0 Å².